The van der Waals surface area contributed by atoms with Gasteiger partial charge in [-0.1, -0.05) is 31.9 Å². The molecular formula is C17H27NO2S. The number of ether oxygens (including phenoxy) is 1. The van der Waals surface area contributed by atoms with Crippen LogP contribution < -0.4 is 5.32 Å². The number of amides is 1. The molecule has 0 heterocycles. The zero-order valence-corrected chi connectivity index (χ0v) is 14.5. The zero-order chi connectivity index (χ0) is 15.9. The fraction of sp³-hybridized carbons (Fsp3) is 0.588. The SMILES string of the molecule is CCCCC(NC(=O)OC(C)(C)C)c1ccc(SC)cc1. The Morgan fingerprint density at radius 3 is 2.38 bits per heavy atom. The van der Waals surface area contributed by atoms with Crippen LogP contribution >= 0.6 is 11.8 Å². The van der Waals surface area contributed by atoms with E-state index in [9.17, 15) is 4.79 Å². The first-order valence-electron chi connectivity index (χ1n) is 7.49. The average Bonchev–Trinajstić information content (AvgIpc) is 2.41. The third-order valence-electron chi connectivity index (χ3n) is 3.06. The topological polar surface area (TPSA) is 38.3 Å². The van der Waals surface area contributed by atoms with Crippen LogP contribution in [-0.2, 0) is 4.74 Å². The van der Waals surface area contributed by atoms with E-state index in [2.05, 4.69) is 42.8 Å². The summed E-state index contributed by atoms with van der Waals surface area (Å²) in [6.07, 6.45) is 4.81. The van der Waals surface area contributed by atoms with Gasteiger partial charge in [-0.15, -0.1) is 11.8 Å². The summed E-state index contributed by atoms with van der Waals surface area (Å²) in [5.41, 5.74) is 0.661. The van der Waals surface area contributed by atoms with Crippen LogP contribution in [0.5, 0.6) is 0 Å². The maximum Gasteiger partial charge on any atom is 0.408 e. The standard InChI is InChI=1S/C17H27NO2S/c1-6-7-8-15(18-16(19)20-17(2,3)4)13-9-11-14(21-5)12-10-13/h9-12,15H,6-8H2,1-5H3,(H,18,19). The zero-order valence-electron chi connectivity index (χ0n) is 13.7. The van der Waals surface area contributed by atoms with Crippen LogP contribution in [-0.4, -0.2) is 18.0 Å². The highest BCUT2D eigenvalue weighted by atomic mass is 32.2. The van der Waals surface area contributed by atoms with E-state index in [0.717, 1.165) is 24.8 Å². The van der Waals surface area contributed by atoms with Crippen molar-refractivity contribution in [3.05, 3.63) is 29.8 Å². The summed E-state index contributed by atoms with van der Waals surface area (Å²) in [5.74, 6) is 0. The average molecular weight is 309 g/mol. The van der Waals surface area contributed by atoms with Gasteiger partial charge in [0.25, 0.3) is 0 Å². The molecular weight excluding hydrogens is 282 g/mol. The molecule has 1 unspecified atom stereocenters. The summed E-state index contributed by atoms with van der Waals surface area (Å²) in [6, 6.07) is 8.37. The number of thioether (sulfide) groups is 1. The Bertz CT molecular complexity index is 437. The van der Waals surface area contributed by atoms with Crippen molar-refractivity contribution in [1.82, 2.24) is 5.32 Å². The highest BCUT2D eigenvalue weighted by Crippen LogP contribution is 2.23. The number of hydrogen-bond donors (Lipinski definition) is 1. The Morgan fingerprint density at radius 2 is 1.90 bits per heavy atom. The lowest BCUT2D eigenvalue weighted by Gasteiger charge is -2.24. The van der Waals surface area contributed by atoms with Gasteiger partial charge in [-0.2, -0.15) is 0 Å². The number of nitrogens with one attached hydrogen (secondary N) is 1. The van der Waals surface area contributed by atoms with Crippen LogP contribution in [0.3, 0.4) is 0 Å². The molecule has 0 spiro atoms. The minimum Gasteiger partial charge on any atom is -0.444 e. The van der Waals surface area contributed by atoms with Crippen LogP contribution in [0.1, 0.15) is 58.6 Å². The molecule has 0 saturated carbocycles. The number of rotatable bonds is 6. The number of unbranched alkanes of at least 4 members (excludes halogenated alkanes) is 1. The first-order valence-corrected chi connectivity index (χ1v) is 8.71. The monoisotopic (exact) mass is 309 g/mol. The molecule has 0 aromatic heterocycles. The molecule has 0 radical (unpaired) electrons. The molecule has 0 saturated heterocycles. The Morgan fingerprint density at radius 1 is 1.29 bits per heavy atom. The van der Waals surface area contributed by atoms with Crippen molar-refractivity contribution in [3.8, 4) is 0 Å². The summed E-state index contributed by atoms with van der Waals surface area (Å²) in [4.78, 5) is 13.2. The van der Waals surface area contributed by atoms with Crippen molar-refractivity contribution in [1.29, 1.82) is 0 Å². The minimum atomic E-state index is -0.470. The van der Waals surface area contributed by atoms with Gasteiger partial charge in [0.1, 0.15) is 5.60 Å². The van der Waals surface area contributed by atoms with E-state index in [-0.39, 0.29) is 12.1 Å². The second kappa shape index (κ2) is 8.32. The summed E-state index contributed by atoms with van der Waals surface area (Å²) in [5, 5.41) is 2.99. The van der Waals surface area contributed by atoms with E-state index in [1.54, 1.807) is 11.8 Å². The minimum absolute atomic E-state index is 0.00991. The molecule has 1 amide bonds. The van der Waals surface area contributed by atoms with Crippen LogP contribution in [0, 0.1) is 0 Å². The molecule has 118 valence electrons. The van der Waals surface area contributed by atoms with Crippen molar-refractivity contribution in [3.63, 3.8) is 0 Å². The van der Waals surface area contributed by atoms with E-state index in [4.69, 9.17) is 4.74 Å². The van der Waals surface area contributed by atoms with Crippen molar-refractivity contribution in [2.75, 3.05) is 6.26 Å². The van der Waals surface area contributed by atoms with Gasteiger partial charge < -0.3 is 10.1 Å². The molecule has 3 nitrogen and oxygen atoms in total. The van der Waals surface area contributed by atoms with Crippen LogP contribution in [0.15, 0.2) is 29.2 Å². The maximum absolute atomic E-state index is 12.0. The van der Waals surface area contributed by atoms with E-state index in [1.807, 2.05) is 20.8 Å². The van der Waals surface area contributed by atoms with Gasteiger partial charge in [-0.3, -0.25) is 0 Å². The molecule has 1 N–H and O–H groups in total. The fourth-order valence-corrected chi connectivity index (χ4v) is 2.42. The molecule has 0 bridgehead atoms. The summed E-state index contributed by atoms with van der Waals surface area (Å²) in [6.45, 7) is 7.78. The number of hydrogen-bond acceptors (Lipinski definition) is 3. The van der Waals surface area contributed by atoms with Crippen molar-refractivity contribution in [2.24, 2.45) is 0 Å². The smallest absolute Gasteiger partial charge is 0.408 e. The molecule has 0 fully saturated rings. The van der Waals surface area contributed by atoms with E-state index in [0.29, 0.717) is 0 Å². The molecule has 4 heteroatoms. The van der Waals surface area contributed by atoms with E-state index >= 15 is 0 Å². The van der Waals surface area contributed by atoms with Crippen molar-refractivity contribution in [2.45, 2.75) is 63.5 Å². The third kappa shape index (κ3) is 6.89. The van der Waals surface area contributed by atoms with E-state index < -0.39 is 5.60 Å². The summed E-state index contributed by atoms with van der Waals surface area (Å²) in [7, 11) is 0. The fourth-order valence-electron chi connectivity index (χ4n) is 2.02. The molecule has 0 aliphatic carbocycles. The predicted octanol–water partition coefficient (Wildman–Crippen LogP) is 5.16. The van der Waals surface area contributed by atoms with Crippen molar-refractivity contribution < 1.29 is 9.53 Å². The number of alkyl carbamates (subject to hydrolysis) is 1. The molecule has 1 atom stereocenters. The number of benzene rings is 1. The van der Waals surface area contributed by atoms with Gasteiger partial charge in [-0.25, -0.2) is 4.79 Å². The van der Waals surface area contributed by atoms with Gasteiger partial charge in [0.05, 0.1) is 6.04 Å². The molecule has 1 aromatic rings. The normalized spacial score (nSPS) is 12.8. The molecule has 0 aliphatic heterocycles. The molecule has 1 rings (SSSR count). The van der Waals surface area contributed by atoms with Crippen LogP contribution in [0.25, 0.3) is 0 Å². The summed E-state index contributed by atoms with van der Waals surface area (Å²) < 4.78 is 5.36. The Labute approximate surface area is 132 Å². The van der Waals surface area contributed by atoms with Gasteiger partial charge >= 0.3 is 6.09 Å². The van der Waals surface area contributed by atoms with Crippen LogP contribution in [0.4, 0.5) is 4.79 Å². The predicted molar refractivity (Wildman–Crippen MR) is 89.9 cm³/mol. The highest BCUT2D eigenvalue weighted by molar-refractivity contribution is 7.98. The van der Waals surface area contributed by atoms with Gasteiger partial charge in [0, 0.05) is 4.90 Å². The Hall–Kier alpha value is -1.16. The lowest BCUT2D eigenvalue weighted by atomic mass is 10.0. The highest BCUT2D eigenvalue weighted by Gasteiger charge is 2.20. The Balaban J connectivity index is 2.76. The number of carbonyl (C=O) groups is 1. The van der Waals surface area contributed by atoms with Crippen LogP contribution in [0.2, 0.25) is 0 Å². The van der Waals surface area contributed by atoms with E-state index in [1.165, 1.54) is 4.90 Å². The molecule has 21 heavy (non-hydrogen) atoms. The quantitative estimate of drug-likeness (QED) is 0.737. The summed E-state index contributed by atoms with van der Waals surface area (Å²) >= 11 is 1.72. The third-order valence-corrected chi connectivity index (χ3v) is 3.80. The maximum atomic E-state index is 12.0. The first-order chi connectivity index (χ1) is 9.85. The second-order valence-corrected chi connectivity index (χ2v) is 6.99. The Kier molecular flexibility index (Phi) is 7.09. The van der Waals surface area contributed by atoms with Gasteiger partial charge in [0.2, 0.25) is 0 Å². The molecule has 0 aliphatic rings. The number of carbonyl (C=O) groups excluding carboxylic acids is 1. The molecule has 1 aromatic carbocycles. The second-order valence-electron chi connectivity index (χ2n) is 6.11. The lowest BCUT2D eigenvalue weighted by molar-refractivity contribution is 0.0500. The van der Waals surface area contributed by atoms with Gasteiger partial charge in [-0.05, 0) is 51.1 Å². The largest absolute Gasteiger partial charge is 0.444 e. The lowest BCUT2D eigenvalue weighted by Crippen LogP contribution is -2.35. The first kappa shape index (κ1) is 17.9. The van der Waals surface area contributed by atoms with Crippen molar-refractivity contribution >= 4 is 17.9 Å². The van der Waals surface area contributed by atoms with Gasteiger partial charge in [0.15, 0.2) is 0 Å².